The molecule has 0 fully saturated rings. The van der Waals surface area contributed by atoms with Crippen LogP contribution in [0.2, 0.25) is 0 Å². The number of aromatic amines is 1. The van der Waals surface area contributed by atoms with Crippen molar-refractivity contribution in [1.82, 2.24) is 4.98 Å². The standard InChI is InChI=1S/C23H16N2/c1-2-8-16(9-3-1)23(19-14-24-21-12-6-4-10-17(19)21)20-15-25-22-13-7-5-11-18(20)22/h1-15,24H/p+1/b23-20-. The first-order chi connectivity index (χ1) is 12.4. The predicted octanol–water partition coefficient (Wildman–Crippen LogP) is 3.92. The second kappa shape index (κ2) is 5.60. The van der Waals surface area contributed by atoms with Gasteiger partial charge in [-0.1, -0.05) is 60.7 Å². The number of H-pyrrole nitrogens is 1. The fourth-order valence-electron chi connectivity index (χ4n) is 3.62. The van der Waals surface area contributed by atoms with Crippen LogP contribution < -0.4 is 4.99 Å². The minimum absolute atomic E-state index is 1.16. The molecular formula is C23H17N2+. The molecule has 25 heavy (non-hydrogen) atoms. The van der Waals surface area contributed by atoms with Gasteiger partial charge in [0.1, 0.15) is 0 Å². The van der Waals surface area contributed by atoms with Gasteiger partial charge in [-0.3, -0.25) is 0 Å². The summed E-state index contributed by atoms with van der Waals surface area (Å²) in [6.45, 7) is 0. The number of para-hydroxylation sites is 2. The van der Waals surface area contributed by atoms with Crippen molar-refractivity contribution in [3.63, 3.8) is 0 Å². The van der Waals surface area contributed by atoms with Crippen LogP contribution in [0.1, 0.15) is 16.7 Å². The summed E-state index contributed by atoms with van der Waals surface area (Å²) in [5.41, 5.74) is 8.48. The van der Waals surface area contributed by atoms with E-state index >= 15 is 0 Å². The van der Waals surface area contributed by atoms with Gasteiger partial charge in [0, 0.05) is 34.3 Å². The summed E-state index contributed by atoms with van der Waals surface area (Å²) in [6.07, 6.45) is 4.24. The Labute approximate surface area is 146 Å². The minimum Gasteiger partial charge on any atom is -0.361 e. The number of aromatic nitrogens is 1. The van der Waals surface area contributed by atoms with Crippen LogP contribution in [0.4, 0.5) is 5.69 Å². The van der Waals surface area contributed by atoms with Crippen LogP contribution in [0.5, 0.6) is 0 Å². The van der Waals surface area contributed by atoms with E-state index in [2.05, 4.69) is 101 Å². The van der Waals surface area contributed by atoms with Crippen LogP contribution in [0, 0.1) is 0 Å². The first-order valence-corrected chi connectivity index (χ1v) is 8.47. The van der Waals surface area contributed by atoms with Gasteiger partial charge >= 0.3 is 0 Å². The zero-order chi connectivity index (χ0) is 16.6. The van der Waals surface area contributed by atoms with Crippen molar-refractivity contribution in [2.24, 2.45) is 0 Å². The van der Waals surface area contributed by atoms with Gasteiger partial charge in [0.15, 0.2) is 6.21 Å². The van der Waals surface area contributed by atoms with E-state index in [9.17, 15) is 0 Å². The summed E-state index contributed by atoms with van der Waals surface area (Å²) in [5.74, 6) is 0. The number of hydrogen-bond donors (Lipinski definition) is 2. The molecule has 0 saturated carbocycles. The molecule has 1 aliphatic heterocycles. The molecule has 0 bridgehead atoms. The van der Waals surface area contributed by atoms with Gasteiger partial charge in [-0.15, -0.1) is 0 Å². The first-order valence-electron chi connectivity index (χ1n) is 8.47. The van der Waals surface area contributed by atoms with Crippen LogP contribution >= 0.6 is 0 Å². The third-order valence-electron chi connectivity index (χ3n) is 4.78. The second-order valence-electron chi connectivity index (χ2n) is 6.24. The van der Waals surface area contributed by atoms with E-state index in [1.165, 1.54) is 33.2 Å². The summed E-state index contributed by atoms with van der Waals surface area (Å²) in [7, 11) is 0. The van der Waals surface area contributed by atoms with Crippen molar-refractivity contribution in [2.45, 2.75) is 0 Å². The predicted molar refractivity (Wildman–Crippen MR) is 104 cm³/mol. The van der Waals surface area contributed by atoms with E-state index in [-0.39, 0.29) is 0 Å². The van der Waals surface area contributed by atoms with E-state index in [1.54, 1.807) is 0 Å². The quantitative estimate of drug-likeness (QED) is 0.560. The Bertz CT molecular complexity index is 1130. The number of benzene rings is 3. The number of allylic oxidation sites excluding steroid dienone is 1. The van der Waals surface area contributed by atoms with Gasteiger partial charge in [0.05, 0.1) is 11.1 Å². The average molecular weight is 321 g/mol. The van der Waals surface area contributed by atoms with Crippen LogP contribution in [-0.4, -0.2) is 11.2 Å². The molecule has 0 radical (unpaired) electrons. The summed E-state index contributed by atoms with van der Waals surface area (Å²) >= 11 is 0. The van der Waals surface area contributed by atoms with E-state index in [0.29, 0.717) is 0 Å². The SMILES string of the molecule is C1=[NH+]c2ccccc2/C1=C(/c1ccccc1)c1c[nH]c2ccccc12. The van der Waals surface area contributed by atoms with E-state index in [1.807, 2.05) is 0 Å². The lowest BCUT2D eigenvalue weighted by molar-refractivity contribution is -0.342. The van der Waals surface area contributed by atoms with Crippen molar-refractivity contribution < 1.29 is 4.99 Å². The lowest BCUT2D eigenvalue weighted by Gasteiger charge is -2.10. The Hall–Kier alpha value is -3.39. The van der Waals surface area contributed by atoms with Gasteiger partial charge in [0.2, 0.25) is 5.69 Å². The molecule has 1 aliphatic rings. The van der Waals surface area contributed by atoms with E-state index in [0.717, 1.165) is 11.2 Å². The highest BCUT2D eigenvalue weighted by Gasteiger charge is 2.24. The highest BCUT2D eigenvalue weighted by Crippen LogP contribution is 2.37. The molecule has 2 nitrogen and oxygen atoms in total. The minimum atomic E-state index is 1.16. The Morgan fingerprint density at radius 1 is 0.760 bits per heavy atom. The summed E-state index contributed by atoms with van der Waals surface area (Å²) < 4.78 is 0. The smallest absolute Gasteiger partial charge is 0.211 e. The third-order valence-corrected chi connectivity index (χ3v) is 4.78. The molecule has 0 aliphatic carbocycles. The largest absolute Gasteiger partial charge is 0.361 e. The second-order valence-corrected chi connectivity index (χ2v) is 6.24. The van der Waals surface area contributed by atoms with Crippen molar-refractivity contribution in [1.29, 1.82) is 0 Å². The number of rotatable bonds is 2. The fourth-order valence-corrected chi connectivity index (χ4v) is 3.62. The molecule has 0 spiro atoms. The lowest BCUT2D eigenvalue weighted by atomic mass is 9.90. The first kappa shape index (κ1) is 14.0. The number of fused-ring (bicyclic) bond motifs is 2. The van der Waals surface area contributed by atoms with Gasteiger partial charge in [-0.2, -0.15) is 0 Å². The molecule has 1 aromatic heterocycles. The zero-order valence-corrected chi connectivity index (χ0v) is 13.7. The number of nitrogens with one attached hydrogen (secondary N) is 2. The van der Waals surface area contributed by atoms with Crippen LogP contribution in [0.25, 0.3) is 22.0 Å². The molecule has 0 amide bonds. The van der Waals surface area contributed by atoms with Crippen molar-refractivity contribution in [2.75, 3.05) is 0 Å². The molecule has 118 valence electrons. The lowest BCUT2D eigenvalue weighted by Crippen LogP contribution is -2.58. The van der Waals surface area contributed by atoms with Crippen LogP contribution in [0.3, 0.4) is 0 Å². The van der Waals surface area contributed by atoms with Crippen molar-refractivity contribution in [3.05, 3.63) is 102 Å². The summed E-state index contributed by atoms with van der Waals surface area (Å²) in [4.78, 5) is 6.83. The van der Waals surface area contributed by atoms with Crippen LogP contribution in [0.15, 0.2) is 85.1 Å². The van der Waals surface area contributed by atoms with Crippen LogP contribution in [-0.2, 0) is 0 Å². The Morgan fingerprint density at radius 2 is 1.52 bits per heavy atom. The van der Waals surface area contributed by atoms with Gasteiger partial charge in [-0.25, -0.2) is 4.99 Å². The number of hydrogen-bond acceptors (Lipinski definition) is 0. The van der Waals surface area contributed by atoms with Crippen molar-refractivity contribution in [3.8, 4) is 0 Å². The maximum Gasteiger partial charge on any atom is 0.211 e. The molecule has 0 unspecified atom stereocenters. The monoisotopic (exact) mass is 321 g/mol. The maximum atomic E-state index is 3.42. The molecule has 4 aromatic rings. The summed E-state index contributed by atoms with van der Waals surface area (Å²) in [5, 5.41) is 1.24. The Morgan fingerprint density at radius 3 is 2.44 bits per heavy atom. The van der Waals surface area contributed by atoms with E-state index in [4.69, 9.17) is 0 Å². The molecule has 5 rings (SSSR count). The maximum absolute atomic E-state index is 3.42. The van der Waals surface area contributed by atoms with Gasteiger partial charge < -0.3 is 4.98 Å². The average Bonchev–Trinajstić information content (AvgIpc) is 3.29. The van der Waals surface area contributed by atoms with Gasteiger partial charge in [-0.05, 0) is 17.7 Å². The molecule has 2 heteroatoms. The Balaban J connectivity index is 1.86. The zero-order valence-electron chi connectivity index (χ0n) is 13.7. The Kier molecular flexibility index (Phi) is 3.14. The summed E-state index contributed by atoms with van der Waals surface area (Å²) in [6, 6.07) is 27.5. The topological polar surface area (TPSA) is 29.8 Å². The van der Waals surface area contributed by atoms with E-state index < -0.39 is 0 Å². The highest BCUT2D eigenvalue weighted by molar-refractivity contribution is 6.24. The molecule has 2 N–H and O–H groups in total. The highest BCUT2D eigenvalue weighted by atomic mass is 14.8. The van der Waals surface area contributed by atoms with Gasteiger partial charge in [0.25, 0.3) is 0 Å². The molecule has 2 heterocycles. The van der Waals surface area contributed by atoms with Crippen molar-refractivity contribution >= 4 is 34.0 Å². The normalized spacial score (nSPS) is 14.7. The molecule has 3 aromatic carbocycles. The molecule has 0 saturated heterocycles. The third kappa shape index (κ3) is 2.23. The molecule has 0 atom stereocenters. The fraction of sp³-hybridized carbons (Fsp3) is 0. The molecular weight excluding hydrogens is 304 g/mol.